The van der Waals surface area contributed by atoms with Gasteiger partial charge in [-0.15, -0.1) is 0 Å². The quantitative estimate of drug-likeness (QED) is 0.583. The molecule has 1 aromatic heterocycles. The standard InChI is InChI=1S/C24H23N3OS/c1-4-18-10-12-21(13-11-18)27-16(2)14-19(17(27)3)15-22-23(28)26-24(29-22)25-20-8-6-5-7-9-20/h5-15H,4H2,1-3H3,(H,25,26,28)/b22-15-. The molecule has 0 bridgehead atoms. The second-order valence-electron chi connectivity index (χ2n) is 7.00. The van der Waals surface area contributed by atoms with E-state index in [1.807, 2.05) is 36.4 Å². The zero-order valence-electron chi connectivity index (χ0n) is 16.8. The summed E-state index contributed by atoms with van der Waals surface area (Å²) in [6.07, 6.45) is 2.98. The highest BCUT2D eigenvalue weighted by Gasteiger charge is 2.24. The molecule has 1 aliphatic rings. The first-order chi connectivity index (χ1) is 14.0. The van der Waals surface area contributed by atoms with E-state index in [-0.39, 0.29) is 5.91 Å². The Morgan fingerprint density at radius 2 is 1.79 bits per heavy atom. The maximum atomic E-state index is 12.4. The maximum absolute atomic E-state index is 12.4. The number of aliphatic imine (C=N–C) groups is 1. The Bertz CT molecular complexity index is 1110. The van der Waals surface area contributed by atoms with E-state index in [1.165, 1.54) is 17.3 Å². The lowest BCUT2D eigenvalue weighted by Crippen LogP contribution is -2.19. The van der Waals surface area contributed by atoms with Crippen LogP contribution in [0, 0.1) is 13.8 Å². The summed E-state index contributed by atoms with van der Waals surface area (Å²) in [5, 5.41) is 3.46. The molecule has 146 valence electrons. The van der Waals surface area contributed by atoms with Gasteiger partial charge in [0.25, 0.3) is 5.91 Å². The van der Waals surface area contributed by atoms with Crippen LogP contribution in [0.25, 0.3) is 11.8 Å². The molecular weight excluding hydrogens is 378 g/mol. The number of carbonyl (C=O) groups excluding carboxylic acids is 1. The van der Waals surface area contributed by atoms with E-state index in [9.17, 15) is 4.79 Å². The Kier molecular flexibility index (Phi) is 5.41. The average Bonchev–Trinajstić information content (AvgIpc) is 3.21. The molecule has 0 aliphatic carbocycles. The molecule has 1 amide bonds. The molecule has 2 aromatic carbocycles. The summed E-state index contributed by atoms with van der Waals surface area (Å²) >= 11 is 1.37. The normalized spacial score (nSPS) is 16.6. The van der Waals surface area contributed by atoms with Crippen molar-refractivity contribution in [3.63, 3.8) is 0 Å². The van der Waals surface area contributed by atoms with Crippen LogP contribution in [0.15, 0.2) is 70.6 Å². The number of thioether (sulfide) groups is 1. The largest absolute Gasteiger partial charge is 0.318 e. The number of nitrogens with zero attached hydrogens (tertiary/aromatic N) is 2. The molecule has 5 heteroatoms. The number of amides is 1. The Morgan fingerprint density at radius 3 is 2.48 bits per heavy atom. The van der Waals surface area contributed by atoms with E-state index in [0.29, 0.717) is 10.1 Å². The summed E-state index contributed by atoms with van der Waals surface area (Å²) in [7, 11) is 0. The van der Waals surface area contributed by atoms with Gasteiger partial charge in [-0.05, 0) is 79.6 Å². The van der Waals surface area contributed by atoms with Gasteiger partial charge in [-0.25, -0.2) is 4.99 Å². The number of aromatic nitrogens is 1. The number of hydrogen-bond acceptors (Lipinski definition) is 3. The molecule has 3 aromatic rings. The molecule has 4 nitrogen and oxygen atoms in total. The second kappa shape index (κ2) is 8.13. The summed E-state index contributed by atoms with van der Waals surface area (Å²) in [4.78, 5) is 17.6. The number of aryl methyl sites for hydroxylation is 2. The number of hydrogen-bond donors (Lipinski definition) is 1. The third kappa shape index (κ3) is 4.05. The van der Waals surface area contributed by atoms with Gasteiger partial charge in [0.05, 0.1) is 10.6 Å². The van der Waals surface area contributed by atoms with Gasteiger partial charge in [0.1, 0.15) is 0 Å². The highest BCUT2D eigenvalue weighted by Crippen LogP contribution is 2.30. The minimum Gasteiger partial charge on any atom is -0.318 e. The molecule has 1 N–H and O–H groups in total. The Morgan fingerprint density at radius 1 is 1.07 bits per heavy atom. The molecule has 0 spiro atoms. The molecular formula is C24H23N3OS. The number of amidine groups is 1. The summed E-state index contributed by atoms with van der Waals surface area (Å²) < 4.78 is 2.22. The van der Waals surface area contributed by atoms with Crippen molar-refractivity contribution < 1.29 is 4.79 Å². The lowest BCUT2D eigenvalue weighted by Gasteiger charge is -2.10. The van der Waals surface area contributed by atoms with Gasteiger partial charge < -0.3 is 9.88 Å². The SMILES string of the molecule is CCc1ccc(-n2c(C)cc(/C=C3\SC(=Nc4ccccc4)NC3=O)c2C)cc1. The van der Waals surface area contributed by atoms with E-state index in [0.717, 1.165) is 34.7 Å². The van der Waals surface area contributed by atoms with Gasteiger partial charge in [0.15, 0.2) is 5.17 Å². The molecule has 29 heavy (non-hydrogen) atoms. The van der Waals surface area contributed by atoms with Crippen LogP contribution < -0.4 is 5.32 Å². The van der Waals surface area contributed by atoms with Crippen molar-refractivity contribution in [1.29, 1.82) is 0 Å². The first-order valence-electron chi connectivity index (χ1n) is 9.68. The Balaban J connectivity index is 1.63. The summed E-state index contributed by atoms with van der Waals surface area (Å²) in [5.74, 6) is -0.109. The highest BCUT2D eigenvalue weighted by molar-refractivity contribution is 8.18. The number of para-hydroxylation sites is 1. The molecule has 0 unspecified atom stereocenters. The fourth-order valence-electron chi connectivity index (χ4n) is 3.45. The predicted octanol–water partition coefficient (Wildman–Crippen LogP) is 5.55. The van der Waals surface area contributed by atoms with Crippen LogP contribution >= 0.6 is 11.8 Å². The van der Waals surface area contributed by atoms with E-state index in [2.05, 4.69) is 66.0 Å². The van der Waals surface area contributed by atoms with Gasteiger partial charge in [-0.2, -0.15) is 0 Å². The van der Waals surface area contributed by atoms with Gasteiger partial charge in [0.2, 0.25) is 0 Å². The van der Waals surface area contributed by atoms with Crippen LogP contribution in [-0.4, -0.2) is 15.6 Å². The number of rotatable bonds is 4. The molecule has 0 atom stereocenters. The molecule has 2 heterocycles. The van der Waals surface area contributed by atoms with Crippen LogP contribution in [0.4, 0.5) is 5.69 Å². The monoisotopic (exact) mass is 401 g/mol. The van der Waals surface area contributed by atoms with Crippen LogP contribution in [-0.2, 0) is 11.2 Å². The average molecular weight is 402 g/mol. The van der Waals surface area contributed by atoms with Crippen molar-refractivity contribution in [3.8, 4) is 5.69 Å². The highest BCUT2D eigenvalue weighted by atomic mass is 32.2. The minimum absolute atomic E-state index is 0.109. The van der Waals surface area contributed by atoms with Crippen molar-refractivity contribution in [2.24, 2.45) is 4.99 Å². The first-order valence-corrected chi connectivity index (χ1v) is 10.5. The zero-order chi connectivity index (χ0) is 20.4. The molecule has 1 aliphatic heterocycles. The smallest absolute Gasteiger partial charge is 0.264 e. The van der Waals surface area contributed by atoms with Gasteiger partial charge in [0, 0.05) is 17.1 Å². The van der Waals surface area contributed by atoms with E-state index in [4.69, 9.17) is 0 Å². The summed E-state index contributed by atoms with van der Waals surface area (Å²) in [6, 6.07) is 20.4. The molecule has 1 saturated heterocycles. The number of carbonyl (C=O) groups is 1. The topological polar surface area (TPSA) is 46.4 Å². The van der Waals surface area contributed by atoms with E-state index >= 15 is 0 Å². The maximum Gasteiger partial charge on any atom is 0.264 e. The second-order valence-corrected chi connectivity index (χ2v) is 8.03. The molecule has 0 radical (unpaired) electrons. The van der Waals surface area contributed by atoms with E-state index < -0.39 is 0 Å². The van der Waals surface area contributed by atoms with Gasteiger partial charge in [-0.3, -0.25) is 4.79 Å². The van der Waals surface area contributed by atoms with Crippen molar-refractivity contribution >= 4 is 34.6 Å². The van der Waals surface area contributed by atoms with Gasteiger partial charge >= 0.3 is 0 Å². The van der Waals surface area contributed by atoms with Crippen molar-refractivity contribution in [2.75, 3.05) is 0 Å². The molecule has 4 rings (SSSR count). The Hall–Kier alpha value is -3.05. The molecule has 1 fully saturated rings. The zero-order valence-corrected chi connectivity index (χ0v) is 17.6. The minimum atomic E-state index is -0.109. The summed E-state index contributed by atoms with van der Waals surface area (Å²) in [6.45, 7) is 6.33. The predicted molar refractivity (Wildman–Crippen MR) is 122 cm³/mol. The van der Waals surface area contributed by atoms with E-state index in [1.54, 1.807) is 0 Å². The Labute approximate surface area is 175 Å². The lowest BCUT2D eigenvalue weighted by atomic mass is 10.1. The van der Waals surface area contributed by atoms with Crippen LogP contribution in [0.2, 0.25) is 0 Å². The van der Waals surface area contributed by atoms with Crippen LogP contribution in [0.3, 0.4) is 0 Å². The lowest BCUT2D eigenvalue weighted by molar-refractivity contribution is -0.115. The third-order valence-electron chi connectivity index (χ3n) is 5.00. The van der Waals surface area contributed by atoms with Crippen molar-refractivity contribution in [1.82, 2.24) is 9.88 Å². The molecule has 0 saturated carbocycles. The fraction of sp³-hybridized carbons (Fsp3) is 0.167. The summed E-state index contributed by atoms with van der Waals surface area (Å²) in [5.41, 5.74) is 6.58. The van der Waals surface area contributed by atoms with Crippen LogP contribution in [0.1, 0.15) is 29.4 Å². The van der Waals surface area contributed by atoms with Gasteiger partial charge in [-0.1, -0.05) is 37.3 Å². The number of nitrogens with one attached hydrogen (secondary N) is 1. The van der Waals surface area contributed by atoms with Crippen molar-refractivity contribution in [2.45, 2.75) is 27.2 Å². The van der Waals surface area contributed by atoms with Crippen molar-refractivity contribution in [3.05, 3.63) is 88.1 Å². The third-order valence-corrected chi connectivity index (χ3v) is 5.91. The number of benzene rings is 2. The van der Waals surface area contributed by atoms with Crippen LogP contribution in [0.5, 0.6) is 0 Å². The fourth-order valence-corrected chi connectivity index (χ4v) is 4.29. The first kappa shape index (κ1) is 19.3.